The molecule has 19 heavy (non-hydrogen) atoms. The maximum Gasteiger partial charge on any atom is 0.224 e. The lowest BCUT2D eigenvalue weighted by Gasteiger charge is -2.40. The molecule has 104 valence electrons. The lowest BCUT2D eigenvalue weighted by Crippen LogP contribution is -2.49. The van der Waals surface area contributed by atoms with Gasteiger partial charge < -0.3 is 15.5 Å². The molecule has 3 heterocycles. The van der Waals surface area contributed by atoms with E-state index in [-0.39, 0.29) is 23.9 Å². The van der Waals surface area contributed by atoms with Crippen LogP contribution in [0.5, 0.6) is 0 Å². The van der Waals surface area contributed by atoms with Crippen molar-refractivity contribution in [1.82, 2.24) is 10.2 Å². The third kappa shape index (κ3) is 2.17. The van der Waals surface area contributed by atoms with Gasteiger partial charge in [0, 0.05) is 19.1 Å². The van der Waals surface area contributed by atoms with E-state index in [0.29, 0.717) is 6.54 Å². The third-order valence-electron chi connectivity index (χ3n) is 4.36. The summed E-state index contributed by atoms with van der Waals surface area (Å²) in [6, 6.07) is 4.31. The third-order valence-corrected chi connectivity index (χ3v) is 4.36. The normalized spacial score (nSPS) is 29.1. The Morgan fingerprint density at radius 3 is 3.11 bits per heavy atom. The van der Waals surface area contributed by atoms with Gasteiger partial charge >= 0.3 is 0 Å². The van der Waals surface area contributed by atoms with Crippen molar-refractivity contribution in [3.05, 3.63) is 23.7 Å². The van der Waals surface area contributed by atoms with Crippen molar-refractivity contribution in [2.45, 2.75) is 31.8 Å². The summed E-state index contributed by atoms with van der Waals surface area (Å²) in [5, 5.41) is 2.98. The van der Waals surface area contributed by atoms with E-state index in [0.717, 1.165) is 37.5 Å². The van der Waals surface area contributed by atoms with Crippen molar-refractivity contribution in [2.75, 3.05) is 19.6 Å². The molecule has 1 amide bonds. The van der Waals surface area contributed by atoms with Crippen LogP contribution in [0.15, 0.2) is 16.5 Å². The molecule has 3 atom stereocenters. The van der Waals surface area contributed by atoms with Crippen LogP contribution < -0.4 is 11.1 Å². The molecule has 2 saturated heterocycles. The summed E-state index contributed by atoms with van der Waals surface area (Å²) >= 11 is 0. The zero-order chi connectivity index (χ0) is 13.4. The number of nitrogens with two attached hydrogens (primary N) is 1. The highest BCUT2D eigenvalue weighted by Gasteiger charge is 2.43. The number of furan rings is 1. The maximum atomic E-state index is 11.8. The lowest BCUT2D eigenvalue weighted by molar-refractivity contribution is -0.124. The van der Waals surface area contributed by atoms with Gasteiger partial charge in [0.05, 0.1) is 12.0 Å². The van der Waals surface area contributed by atoms with Crippen LogP contribution in [0, 0.1) is 12.8 Å². The summed E-state index contributed by atoms with van der Waals surface area (Å²) in [6.45, 7) is 4.18. The van der Waals surface area contributed by atoms with Crippen LogP contribution >= 0.6 is 0 Å². The molecule has 0 bridgehead atoms. The Kier molecular flexibility index (Phi) is 3.33. The van der Waals surface area contributed by atoms with Crippen molar-refractivity contribution in [3.8, 4) is 0 Å². The van der Waals surface area contributed by atoms with Gasteiger partial charge in [-0.1, -0.05) is 0 Å². The molecule has 2 fully saturated rings. The quantitative estimate of drug-likeness (QED) is 0.846. The molecule has 1 aromatic rings. The number of hydrogen-bond donors (Lipinski definition) is 2. The SMILES string of the molecule is Cc1ccc(C(CN)N2CCCC3C(=O)NCC32)o1. The Morgan fingerprint density at radius 2 is 2.42 bits per heavy atom. The largest absolute Gasteiger partial charge is 0.465 e. The number of aryl methyl sites for hydroxylation is 1. The smallest absolute Gasteiger partial charge is 0.224 e. The van der Waals surface area contributed by atoms with Crippen LogP contribution in [-0.4, -0.2) is 36.5 Å². The van der Waals surface area contributed by atoms with Crippen molar-refractivity contribution < 1.29 is 9.21 Å². The molecule has 5 nitrogen and oxygen atoms in total. The first-order valence-electron chi connectivity index (χ1n) is 7.00. The maximum absolute atomic E-state index is 11.8. The molecule has 1 aromatic heterocycles. The molecule has 0 aromatic carbocycles. The van der Waals surface area contributed by atoms with Gasteiger partial charge in [-0.3, -0.25) is 9.69 Å². The lowest BCUT2D eigenvalue weighted by atomic mass is 9.90. The van der Waals surface area contributed by atoms with E-state index in [1.165, 1.54) is 0 Å². The number of nitrogens with zero attached hydrogens (tertiary/aromatic N) is 1. The summed E-state index contributed by atoms with van der Waals surface area (Å²) in [5.41, 5.74) is 5.96. The molecule has 2 aliphatic rings. The molecule has 3 rings (SSSR count). The molecule has 3 N–H and O–H groups in total. The number of carbonyl (C=O) groups is 1. The minimum Gasteiger partial charge on any atom is -0.465 e. The average molecular weight is 263 g/mol. The van der Waals surface area contributed by atoms with E-state index in [1.807, 2.05) is 19.1 Å². The second kappa shape index (κ2) is 4.98. The van der Waals surface area contributed by atoms with Gasteiger partial charge in [-0.25, -0.2) is 0 Å². The zero-order valence-electron chi connectivity index (χ0n) is 11.3. The van der Waals surface area contributed by atoms with E-state index in [1.54, 1.807) is 0 Å². The highest BCUT2D eigenvalue weighted by Crippen LogP contribution is 2.34. The number of nitrogens with one attached hydrogen (secondary N) is 1. The van der Waals surface area contributed by atoms with E-state index in [4.69, 9.17) is 10.2 Å². The number of piperidine rings is 1. The van der Waals surface area contributed by atoms with Gasteiger partial charge in [-0.2, -0.15) is 0 Å². The first-order valence-corrected chi connectivity index (χ1v) is 7.00. The van der Waals surface area contributed by atoms with Crippen LogP contribution in [0.25, 0.3) is 0 Å². The van der Waals surface area contributed by atoms with Crippen LogP contribution in [0.4, 0.5) is 0 Å². The number of fused-ring (bicyclic) bond motifs is 1. The fourth-order valence-corrected chi connectivity index (χ4v) is 3.42. The second-order valence-corrected chi connectivity index (χ2v) is 5.50. The van der Waals surface area contributed by atoms with Gasteiger partial charge in [-0.15, -0.1) is 0 Å². The van der Waals surface area contributed by atoms with Gasteiger partial charge in [0.15, 0.2) is 0 Å². The van der Waals surface area contributed by atoms with Crippen molar-refractivity contribution in [2.24, 2.45) is 11.7 Å². The van der Waals surface area contributed by atoms with Crippen molar-refractivity contribution in [3.63, 3.8) is 0 Å². The van der Waals surface area contributed by atoms with Gasteiger partial charge in [0.2, 0.25) is 5.91 Å². The van der Waals surface area contributed by atoms with Gasteiger partial charge in [0.25, 0.3) is 0 Å². The molecule has 0 aliphatic carbocycles. The Bertz CT molecular complexity index is 471. The molecule has 0 spiro atoms. The van der Waals surface area contributed by atoms with E-state index < -0.39 is 0 Å². The molecule has 5 heteroatoms. The van der Waals surface area contributed by atoms with Gasteiger partial charge in [-0.05, 0) is 38.4 Å². The van der Waals surface area contributed by atoms with Crippen molar-refractivity contribution >= 4 is 5.91 Å². The summed E-state index contributed by atoms with van der Waals surface area (Å²) in [6.07, 6.45) is 2.03. The Morgan fingerprint density at radius 1 is 1.58 bits per heavy atom. The highest BCUT2D eigenvalue weighted by molar-refractivity contribution is 5.82. The number of likely N-dealkylation sites (tertiary alicyclic amines) is 1. The Balaban J connectivity index is 1.84. The molecular weight excluding hydrogens is 242 g/mol. The molecule has 3 unspecified atom stereocenters. The minimum absolute atomic E-state index is 0.0780. The summed E-state index contributed by atoms with van der Waals surface area (Å²) in [7, 11) is 0. The molecule has 0 radical (unpaired) electrons. The summed E-state index contributed by atoms with van der Waals surface area (Å²) in [4.78, 5) is 14.2. The second-order valence-electron chi connectivity index (χ2n) is 5.50. The van der Waals surface area contributed by atoms with Crippen LogP contribution in [0.2, 0.25) is 0 Å². The predicted molar refractivity (Wildman–Crippen MR) is 71.5 cm³/mol. The van der Waals surface area contributed by atoms with E-state index >= 15 is 0 Å². The van der Waals surface area contributed by atoms with Crippen molar-refractivity contribution in [1.29, 1.82) is 0 Å². The fraction of sp³-hybridized carbons (Fsp3) is 0.643. The number of amides is 1. The van der Waals surface area contributed by atoms with Gasteiger partial charge in [0.1, 0.15) is 11.5 Å². The zero-order valence-corrected chi connectivity index (χ0v) is 11.3. The fourth-order valence-electron chi connectivity index (χ4n) is 3.42. The number of carbonyl (C=O) groups excluding carboxylic acids is 1. The first kappa shape index (κ1) is 12.7. The Labute approximate surface area is 113 Å². The Hall–Kier alpha value is -1.33. The molecule has 0 saturated carbocycles. The molecular formula is C14H21N3O2. The van der Waals surface area contributed by atoms with Crippen LogP contribution in [-0.2, 0) is 4.79 Å². The first-order chi connectivity index (χ1) is 9.20. The number of rotatable bonds is 3. The average Bonchev–Trinajstić information content (AvgIpc) is 2.99. The van der Waals surface area contributed by atoms with Crippen LogP contribution in [0.1, 0.15) is 30.4 Å². The standard InChI is InChI=1S/C14H21N3O2/c1-9-4-5-13(19-9)11(7-15)17-6-2-3-10-12(17)8-16-14(10)18/h4-5,10-12H,2-3,6-8,15H2,1H3,(H,16,18). The topological polar surface area (TPSA) is 71.5 Å². The number of hydrogen-bond acceptors (Lipinski definition) is 4. The van der Waals surface area contributed by atoms with Crippen LogP contribution in [0.3, 0.4) is 0 Å². The summed E-state index contributed by atoms with van der Waals surface area (Å²) < 4.78 is 5.74. The monoisotopic (exact) mass is 263 g/mol. The van der Waals surface area contributed by atoms with E-state index in [9.17, 15) is 4.79 Å². The predicted octanol–water partition coefficient (Wildman–Crippen LogP) is 0.798. The molecule has 2 aliphatic heterocycles. The van der Waals surface area contributed by atoms with E-state index in [2.05, 4.69) is 10.2 Å². The highest BCUT2D eigenvalue weighted by atomic mass is 16.3. The minimum atomic E-state index is 0.0780. The summed E-state index contributed by atoms with van der Waals surface area (Å²) in [5.74, 6) is 2.14.